The second kappa shape index (κ2) is 13.8. The fraction of sp³-hybridized carbons (Fsp3) is 0.500. The van der Waals surface area contributed by atoms with Gasteiger partial charge in [0.2, 0.25) is 11.8 Å². The Morgan fingerprint density at radius 3 is 2.08 bits per heavy atom. The summed E-state index contributed by atoms with van der Waals surface area (Å²) >= 11 is 0. The second-order valence-corrected chi connectivity index (χ2v) is 10.9. The summed E-state index contributed by atoms with van der Waals surface area (Å²) in [7, 11) is 0. The molecule has 0 aliphatic carbocycles. The summed E-state index contributed by atoms with van der Waals surface area (Å²) in [5.41, 5.74) is 0.668. The summed E-state index contributed by atoms with van der Waals surface area (Å²) in [6.45, 7) is 12.9. The number of hydrogen-bond donors (Lipinski definition) is 3. The summed E-state index contributed by atoms with van der Waals surface area (Å²) in [6.07, 6.45) is 1.20. The van der Waals surface area contributed by atoms with E-state index in [1.54, 1.807) is 32.9 Å². The summed E-state index contributed by atoms with van der Waals surface area (Å²) in [5.74, 6) is -0.677. The van der Waals surface area contributed by atoms with Crippen molar-refractivity contribution in [2.24, 2.45) is 0 Å². The third kappa shape index (κ3) is 9.39. The minimum absolute atomic E-state index is 0.0585. The molecule has 0 heterocycles. The van der Waals surface area contributed by atoms with Gasteiger partial charge in [-0.05, 0) is 71.2 Å². The predicted octanol–water partition coefficient (Wildman–Crippen LogP) is 5.11. The van der Waals surface area contributed by atoms with Crippen molar-refractivity contribution in [2.45, 2.75) is 97.5 Å². The van der Waals surface area contributed by atoms with E-state index in [1.807, 2.05) is 58.0 Å². The molecule has 0 aromatic heterocycles. The molecule has 0 aliphatic rings. The average molecular weight is 526 g/mol. The van der Waals surface area contributed by atoms with E-state index in [0.717, 1.165) is 18.4 Å². The molecule has 8 nitrogen and oxygen atoms in total. The van der Waals surface area contributed by atoms with E-state index in [-0.39, 0.29) is 30.2 Å². The van der Waals surface area contributed by atoms with E-state index in [0.29, 0.717) is 5.56 Å². The standard InChI is InChI=1S/C30H43N3O5/c1-8-12-21(4)31-27(35)26(23-15-17-24(34)18-16-23)33(20(2)3)28(36)25(19-22-13-10-9-11-14-22)32-29(37)38-30(5,6)7/h9-11,13-18,20-21,25-26,34H,8,12,19H2,1-7H3,(H,31,35)(H,32,37). The monoisotopic (exact) mass is 525 g/mol. The number of carbonyl (C=O) groups excluding carboxylic acids is 3. The Morgan fingerprint density at radius 2 is 1.55 bits per heavy atom. The van der Waals surface area contributed by atoms with Gasteiger partial charge in [-0.3, -0.25) is 9.59 Å². The topological polar surface area (TPSA) is 108 Å². The molecule has 0 spiro atoms. The van der Waals surface area contributed by atoms with Gasteiger partial charge in [0.1, 0.15) is 23.4 Å². The van der Waals surface area contributed by atoms with Crippen LogP contribution in [0.4, 0.5) is 4.79 Å². The number of amides is 3. The van der Waals surface area contributed by atoms with Gasteiger partial charge in [-0.1, -0.05) is 55.8 Å². The lowest BCUT2D eigenvalue weighted by Gasteiger charge is -2.37. The normalized spacial score (nSPS) is 13.8. The number of alkyl carbamates (subject to hydrolysis) is 1. The van der Waals surface area contributed by atoms with Crippen molar-refractivity contribution in [3.05, 3.63) is 65.7 Å². The van der Waals surface area contributed by atoms with Crippen molar-refractivity contribution in [2.75, 3.05) is 0 Å². The van der Waals surface area contributed by atoms with Crippen LogP contribution >= 0.6 is 0 Å². The zero-order valence-corrected chi connectivity index (χ0v) is 23.7. The third-order valence-corrected chi connectivity index (χ3v) is 5.93. The second-order valence-electron chi connectivity index (χ2n) is 10.9. The number of phenolic OH excluding ortho intramolecular Hbond substituents is 1. The van der Waals surface area contributed by atoms with Crippen molar-refractivity contribution in [1.29, 1.82) is 0 Å². The fourth-order valence-corrected chi connectivity index (χ4v) is 4.28. The first-order valence-corrected chi connectivity index (χ1v) is 13.3. The molecular formula is C30H43N3O5. The number of ether oxygens (including phenoxy) is 1. The SMILES string of the molecule is CCCC(C)NC(=O)C(c1ccc(O)cc1)N(C(=O)C(Cc1ccccc1)NC(=O)OC(C)(C)C)C(C)C. The summed E-state index contributed by atoms with van der Waals surface area (Å²) in [4.78, 5) is 42.2. The van der Waals surface area contributed by atoms with E-state index >= 15 is 0 Å². The molecule has 3 amide bonds. The molecule has 0 aliphatic heterocycles. The van der Waals surface area contributed by atoms with E-state index in [4.69, 9.17) is 4.74 Å². The van der Waals surface area contributed by atoms with Crippen LogP contribution in [-0.4, -0.2) is 51.6 Å². The highest BCUT2D eigenvalue weighted by Gasteiger charge is 2.38. The molecular weight excluding hydrogens is 482 g/mol. The molecule has 208 valence electrons. The first kappa shape index (κ1) is 30.7. The highest BCUT2D eigenvalue weighted by Crippen LogP contribution is 2.27. The molecule has 0 radical (unpaired) electrons. The molecule has 3 N–H and O–H groups in total. The van der Waals surface area contributed by atoms with Crippen LogP contribution in [0, 0.1) is 0 Å². The Hall–Kier alpha value is -3.55. The number of nitrogens with one attached hydrogen (secondary N) is 2. The molecule has 0 fully saturated rings. The number of nitrogens with zero attached hydrogens (tertiary/aromatic N) is 1. The molecule has 3 atom stereocenters. The van der Waals surface area contributed by atoms with Crippen LogP contribution in [-0.2, 0) is 20.7 Å². The molecule has 3 unspecified atom stereocenters. The van der Waals surface area contributed by atoms with Crippen LogP contribution in [0.15, 0.2) is 54.6 Å². The van der Waals surface area contributed by atoms with Gasteiger partial charge >= 0.3 is 6.09 Å². The highest BCUT2D eigenvalue weighted by molar-refractivity contribution is 5.92. The molecule has 38 heavy (non-hydrogen) atoms. The predicted molar refractivity (Wildman–Crippen MR) is 149 cm³/mol. The molecule has 0 bridgehead atoms. The number of phenols is 1. The first-order valence-electron chi connectivity index (χ1n) is 13.3. The molecule has 8 heteroatoms. The van der Waals surface area contributed by atoms with Crippen molar-refractivity contribution >= 4 is 17.9 Å². The van der Waals surface area contributed by atoms with E-state index < -0.39 is 29.7 Å². The maximum Gasteiger partial charge on any atom is 0.408 e. The highest BCUT2D eigenvalue weighted by atomic mass is 16.6. The van der Waals surface area contributed by atoms with Crippen LogP contribution in [0.25, 0.3) is 0 Å². The van der Waals surface area contributed by atoms with Crippen LogP contribution in [0.5, 0.6) is 5.75 Å². The number of hydrogen-bond acceptors (Lipinski definition) is 5. The van der Waals surface area contributed by atoms with Crippen molar-refractivity contribution in [3.8, 4) is 5.75 Å². The van der Waals surface area contributed by atoms with Crippen molar-refractivity contribution < 1.29 is 24.2 Å². The molecule has 2 aromatic carbocycles. The summed E-state index contributed by atoms with van der Waals surface area (Å²) in [5, 5.41) is 15.6. The fourth-order valence-electron chi connectivity index (χ4n) is 4.28. The van der Waals surface area contributed by atoms with Crippen molar-refractivity contribution in [3.63, 3.8) is 0 Å². The van der Waals surface area contributed by atoms with Gasteiger partial charge in [0.25, 0.3) is 0 Å². The Kier molecular flexibility index (Phi) is 11.2. The maximum atomic E-state index is 14.2. The van der Waals surface area contributed by atoms with Gasteiger partial charge in [-0.15, -0.1) is 0 Å². The van der Waals surface area contributed by atoms with Crippen LogP contribution in [0.2, 0.25) is 0 Å². The quantitative estimate of drug-likeness (QED) is 0.378. The first-order chi connectivity index (χ1) is 17.8. The van der Waals surface area contributed by atoms with Crippen molar-refractivity contribution in [1.82, 2.24) is 15.5 Å². The maximum absolute atomic E-state index is 14.2. The van der Waals surface area contributed by atoms with Gasteiger partial charge < -0.3 is 25.4 Å². The summed E-state index contributed by atoms with van der Waals surface area (Å²) < 4.78 is 5.45. The minimum atomic E-state index is -0.977. The van der Waals surface area contributed by atoms with Crippen LogP contribution in [0.3, 0.4) is 0 Å². The van der Waals surface area contributed by atoms with Gasteiger partial charge in [0.05, 0.1) is 0 Å². The van der Waals surface area contributed by atoms with E-state index in [1.165, 1.54) is 17.0 Å². The smallest absolute Gasteiger partial charge is 0.408 e. The third-order valence-electron chi connectivity index (χ3n) is 5.93. The Bertz CT molecular complexity index is 1050. The Labute approximate surface area is 226 Å². The zero-order chi connectivity index (χ0) is 28.5. The summed E-state index contributed by atoms with van der Waals surface area (Å²) in [6, 6.07) is 13.2. The van der Waals surface area contributed by atoms with Gasteiger partial charge in [-0.25, -0.2) is 4.79 Å². The van der Waals surface area contributed by atoms with Crippen LogP contribution < -0.4 is 10.6 Å². The molecule has 0 saturated carbocycles. The molecule has 2 rings (SSSR count). The number of carbonyl (C=O) groups is 3. The van der Waals surface area contributed by atoms with Gasteiger partial charge in [0.15, 0.2) is 0 Å². The molecule has 0 saturated heterocycles. The van der Waals surface area contributed by atoms with E-state index in [9.17, 15) is 19.5 Å². The minimum Gasteiger partial charge on any atom is -0.508 e. The zero-order valence-electron chi connectivity index (χ0n) is 23.7. The average Bonchev–Trinajstić information content (AvgIpc) is 2.81. The number of aromatic hydroxyl groups is 1. The number of benzene rings is 2. The lowest BCUT2D eigenvalue weighted by atomic mass is 9.98. The lowest BCUT2D eigenvalue weighted by Crippen LogP contribution is -2.56. The number of rotatable bonds is 11. The Morgan fingerprint density at radius 1 is 0.947 bits per heavy atom. The van der Waals surface area contributed by atoms with Crippen LogP contribution in [0.1, 0.15) is 78.5 Å². The molecule has 2 aromatic rings. The van der Waals surface area contributed by atoms with Gasteiger partial charge in [0, 0.05) is 18.5 Å². The largest absolute Gasteiger partial charge is 0.508 e. The van der Waals surface area contributed by atoms with Gasteiger partial charge in [-0.2, -0.15) is 0 Å². The Balaban J connectivity index is 2.51. The lowest BCUT2D eigenvalue weighted by molar-refractivity contribution is -0.144. The van der Waals surface area contributed by atoms with E-state index in [2.05, 4.69) is 10.6 Å².